The molecule has 4 nitrogen and oxygen atoms in total. The fourth-order valence-corrected chi connectivity index (χ4v) is 2.79. The zero-order valence-electron chi connectivity index (χ0n) is 11.2. The number of carbonyl (C=O) groups is 1. The molecule has 0 saturated carbocycles. The van der Waals surface area contributed by atoms with E-state index >= 15 is 0 Å². The maximum absolute atomic E-state index is 12.3. The molecule has 1 aliphatic rings. The minimum Gasteiger partial charge on any atom is -0.368 e. The molecule has 3 N–H and O–H groups in total. The van der Waals surface area contributed by atoms with E-state index in [1.54, 1.807) is 12.1 Å². The Labute approximate surface area is 124 Å². The molecule has 1 aromatic carbocycles. The summed E-state index contributed by atoms with van der Waals surface area (Å²) in [7, 11) is 0. The van der Waals surface area contributed by atoms with E-state index in [0.717, 1.165) is 12.1 Å². The third-order valence-corrected chi connectivity index (χ3v) is 3.96. The summed E-state index contributed by atoms with van der Waals surface area (Å²) >= 11 is -0.137. The highest BCUT2D eigenvalue weighted by atomic mass is 32.2. The number of nitrogens with one attached hydrogen (secondary N) is 1. The van der Waals surface area contributed by atoms with Crippen LogP contribution in [0.3, 0.4) is 0 Å². The van der Waals surface area contributed by atoms with E-state index in [0.29, 0.717) is 19.6 Å². The van der Waals surface area contributed by atoms with E-state index in [4.69, 9.17) is 5.73 Å². The summed E-state index contributed by atoms with van der Waals surface area (Å²) in [6.45, 7) is 2.42. The first kappa shape index (κ1) is 16.1. The number of carbonyl (C=O) groups excluding carboxylic acids is 1. The van der Waals surface area contributed by atoms with Crippen LogP contribution >= 0.6 is 11.8 Å². The largest absolute Gasteiger partial charge is 0.446 e. The van der Waals surface area contributed by atoms with Crippen molar-refractivity contribution >= 4 is 17.7 Å². The summed E-state index contributed by atoms with van der Waals surface area (Å²) in [5.74, 6) is -0.397. The molecule has 8 heteroatoms. The third-order valence-electron chi connectivity index (χ3n) is 3.23. The van der Waals surface area contributed by atoms with Crippen LogP contribution in [0.1, 0.15) is 5.56 Å². The van der Waals surface area contributed by atoms with Crippen LogP contribution in [0.2, 0.25) is 0 Å². The molecule has 1 heterocycles. The quantitative estimate of drug-likeness (QED) is 0.827. The van der Waals surface area contributed by atoms with Crippen LogP contribution in [-0.4, -0.2) is 42.0 Å². The van der Waals surface area contributed by atoms with Gasteiger partial charge >= 0.3 is 5.51 Å². The first-order chi connectivity index (χ1) is 9.85. The van der Waals surface area contributed by atoms with Gasteiger partial charge in [-0.05, 0) is 29.5 Å². The van der Waals surface area contributed by atoms with Crippen molar-refractivity contribution in [3.8, 4) is 0 Å². The Morgan fingerprint density at radius 1 is 1.38 bits per heavy atom. The predicted octanol–water partition coefficient (Wildman–Crippen LogP) is 1.56. The molecule has 1 aromatic rings. The van der Waals surface area contributed by atoms with Gasteiger partial charge in [0.25, 0.3) is 0 Å². The zero-order chi connectivity index (χ0) is 15.5. The molecule has 1 aliphatic heterocycles. The Balaban J connectivity index is 2.00. The average molecular weight is 319 g/mol. The number of hydrogen-bond acceptors (Lipinski definition) is 4. The van der Waals surface area contributed by atoms with E-state index in [9.17, 15) is 18.0 Å². The Morgan fingerprint density at radius 3 is 2.62 bits per heavy atom. The van der Waals surface area contributed by atoms with Crippen LogP contribution < -0.4 is 11.1 Å². The number of amides is 1. The number of hydrogen-bond donors (Lipinski definition) is 2. The summed E-state index contributed by atoms with van der Waals surface area (Å²) in [6, 6.07) is 5.79. The van der Waals surface area contributed by atoms with Crippen LogP contribution in [0.5, 0.6) is 0 Å². The molecular weight excluding hydrogens is 303 g/mol. The summed E-state index contributed by atoms with van der Waals surface area (Å²) in [5.41, 5.74) is 1.93. The number of primary amides is 1. The summed E-state index contributed by atoms with van der Waals surface area (Å²) in [4.78, 5) is 13.5. The molecule has 1 atom stereocenters. The lowest BCUT2D eigenvalue weighted by Crippen LogP contribution is -2.56. The third kappa shape index (κ3) is 4.90. The number of nitrogens with zero attached hydrogens (tertiary/aromatic N) is 1. The second-order valence-electron chi connectivity index (χ2n) is 4.78. The van der Waals surface area contributed by atoms with Crippen LogP contribution in [0, 0.1) is 0 Å². The van der Waals surface area contributed by atoms with E-state index < -0.39 is 11.4 Å². The average Bonchev–Trinajstić information content (AvgIpc) is 2.40. The van der Waals surface area contributed by atoms with Gasteiger partial charge in [0, 0.05) is 31.1 Å². The molecule has 0 spiro atoms. The normalized spacial score (nSPS) is 20.4. The number of piperazine rings is 1. The van der Waals surface area contributed by atoms with Crippen molar-refractivity contribution in [1.29, 1.82) is 0 Å². The van der Waals surface area contributed by atoms with Gasteiger partial charge in [-0.2, -0.15) is 13.2 Å². The summed E-state index contributed by atoms with van der Waals surface area (Å²) in [6.07, 6.45) is 0. The van der Waals surface area contributed by atoms with Gasteiger partial charge in [-0.1, -0.05) is 12.1 Å². The van der Waals surface area contributed by atoms with Crippen molar-refractivity contribution in [2.45, 2.75) is 23.0 Å². The lowest BCUT2D eigenvalue weighted by atomic mass is 10.1. The predicted molar refractivity (Wildman–Crippen MR) is 74.6 cm³/mol. The van der Waals surface area contributed by atoms with Crippen molar-refractivity contribution in [1.82, 2.24) is 10.2 Å². The van der Waals surface area contributed by atoms with Crippen molar-refractivity contribution in [3.05, 3.63) is 29.8 Å². The molecule has 0 radical (unpaired) electrons. The molecule has 1 unspecified atom stereocenters. The highest BCUT2D eigenvalue weighted by molar-refractivity contribution is 8.00. The smallest absolute Gasteiger partial charge is 0.368 e. The van der Waals surface area contributed by atoms with E-state index in [1.807, 2.05) is 4.90 Å². The lowest BCUT2D eigenvalue weighted by Gasteiger charge is -2.34. The van der Waals surface area contributed by atoms with Gasteiger partial charge in [0.1, 0.15) is 6.04 Å². The molecule has 0 aromatic heterocycles. The number of benzene rings is 1. The second-order valence-corrected chi connectivity index (χ2v) is 5.92. The minimum atomic E-state index is -4.28. The highest BCUT2D eigenvalue weighted by Gasteiger charge is 2.29. The maximum Gasteiger partial charge on any atom is 0.446 e. The maximum atomic E-state index is 12.3. The van der Waals surface area contributed by atoms with Gasteiger partial charge in [0.05, 0.1) is 0 Å². The number of nitrogens with two attached hydrogens (primary N) is 1. The molecule has 2 rings (SSSR count). The fraction of sp³-hybridized carbons (Fsp3) is 0.462. The van der Waals surface area contributed by atoms with Crippen molar-refractivity contribution in [2.75, 3.05) is 19.6 Å². The lowest BCUT2D eigenvalue weighted by molar-refractivity contribution is -0.124. The van der Waals surface area contributed by atoms with E-state index in [2.05, 4.69) is 5.32 Å². The molecule has 1 amide bonds. The number of thioether (sulfide) groups is 1. The van der Waals surface area contributed by atoms with Crippen LogP contribution in [0.4, 0.5) is 13.2 Å². The molecule has 1 fully saturated rings. The second kappa shape index (κ2) is 6.67. The summed E-state index contributed by atoms with van der Waals surface area (Å²) in [5, 5.41) is 3.10. The first-order valence-electron chi connectivity index (χ1n) is 6.44. The summed E-state index contributed by atoms with van der Waals surface area (Å²) < 4.78 is 36.8. The number of rotatable bonds is 4. The Kier molecular flexibility index (Phi) is 5.13. The SMILES string of the molecule is NC(=O)C1CNCCN1Cc1ccc(SC(F)(F)F)cc1. The van der Waals surface area contributed by atoms with Gasteiger partial charge in [-0.3, -0.25) is 9.69 Å². The molecule has 1 saturated heterocycles. The first-order valence-corrected chi connectivity index (χ1v) is 7.25. The molecule has 21 heavy (non-hydrogen) atoms. The van der Waals surface area contributed by atoms with Crippen molar-refractivity contribution in [3.63, 3.8) is 0 Å². The monoisotopic (exact) mass is 319 g/mol. The topological polar surface area (TPSA) is 58.4 Å². The van der Waals surface area contributed by atoms with Gasteiger partial charge in [-0.15, -0.1) is 0 Å². The molecular formula is C13H16F3N3OS. The Bertz CT molecular complexity index is 492. The number of halogens is 3. The van der Waals surface area contributed by atoms with Gasteiger partial charge < -0.3 is 11.1 Å². The molecule has 0 aliphatic carbocycles. The van der Waals surface area contributed by atoms with Crippen molar-refractivity contribution < 1.29 is 18.0 Å². The van der Waals surface area contributed by atoms with E-state index in [1.165, 1.54) is 12.1 Å². The number of alkyl halides is 3. The van der Waals surface area contributed by atoms with Crippen LogP contribution in [0.25, 0.3) is 0 Å². The van der Waals surface area contributed by atoms with Crippen LogP contribution in [-0.2, 0) is 11.3 Å². The standard InChI is InChI=1S/C13H16F3N3OS/c14-13(15,16)21-10-3-1-9(2-4-10)8-19-6-5-18-7-11(19)12(17)20/h1-4,11,18H,5-8H2,(H2,17,20). The Hall–Kier alpha value is -1.25. The fourth-order valence-electron chi connectivity index (χ4n) is 2.25. The molecule has 0 bridgehead atoms. The van der Waals surface area contributed by atoms with Gasteiger partial charge in [-0.25, -0.2) is 0 Å². The Morgan fingerprint density at radius 2 is 2.05 bits per heavy atom. The highest BCUT2D eigenvalue weighted by Crippen LogP contribution is 2.36. The zero-order valence-corrected chi connectivity index (χ0v) is 12.0. The van der Waals surface area contributed by atoms with Crippen molar-refractivity contribution in [2.24, 2.45) is 5.73 Å². The van der Waals surface area contributed by atoms with Gasteiger partial charge in [0.2, 0.25) is 5.91 Å². The van der Waals surface area contributed by atoms with Gasteiger partial charge in [0.15, 0.2) is 0 Å². The van der Waals surface area contributed by atoms with E-state index in [-0.39, 0.29) is 22.7 Å². The minimum absolute atomic E-state index is 0.137. The molecule has 116 valence electrons. The van der Waals surface area contributed by atoms with Crippen LogP contribution in [0.15, 0.2) is 29.2 Å².